The van der Waals surface area contributed by atoms with Gasteiger partial charge in [-0.15, -0.1) is 0 Å². The van der Waals surface area contributed by atoms with Crippen LogP contribution in [0.4, 0.5) is 17.1 Å². The van der Waals surface area contributed by atoms with Crippen molar-refractivity contribution in [1.82, 2.24) is 0 Å². The van der Waals surface area contributed by atoms with Crippen molar-refractivity contribution < 1.29 is 0 Å². The highest BCUT2D eigenvalue weighted by Crippen LogP contribution is 2.30. The molecule has 1 heterocycles. The molecule has 0 aromatic heterocycles. The minimum absolute atomic E-state index is 0.807. The molecule has 3 nitrogen and oxygen atoms in total. The number of hydrogen-bond acceptors (Lipinski definition) is 4. The lowest BCUT2D eigenvalue weighted by Gasteiger charge is -2.17. The van der Waals surface area contributed by atoms with Crippen LogP contribution in [-0.4, -0.2) is 12.3 Å². The van der Waals surface area contributed by atoms with Crippen molar-refractivity contribution in [3.63, 3.8) is 0 Å². The van der Waals surface area contributed by atoms with Gasteiger partial charge >= 0.3 is 0 Å². The Kier molecular flexibility index (Phi) is 4.02. The number of rotatable bonds is 4. The summed E-state index contributed by atoms with van der Waals surface area (Å²) in [6.45, 7) is 1.96. The summed E-state index contributed by atoms with van der Waals surface area (Å²) in [5.74, 6) is 1.23. The van der Waals surface area contributed by atoms with E-state index in [2.05, 4.69) is 46.0 Å². The zero-order chi connectivity index (χ0) is 13.8. The summed E-state index contributed by atoms with van der Waals surface area (Å²) in [6.07, 6.45) is 1.27. The van der Waals surface area contributed by atoms with E-state index in [0.29, 0.717) is 0 Å². The highest BCUT2D eigenvalue weighted by atomic mass is 32.2. The first-order valence-corrected chi connectivity index (χ1v) is 7.84. The molecule has 2 aromatic carbocycles. The zero-order valence-electron chi connectivity index (χ0n) is 11.4. The van der Waals surface area contributed by atoms with Gasteiger partial charge in [0.2, 0.25) is 0 Å². The minimum atomic E-state index is 0.807. The molecule has 0 amide bonds. The fourth-order valence-corrected chi connectivity index (χ4v) is 3.26. The highest BCUT2D eigenvalue weighted by Gasteiger charge is 2.13. The van der Waals surface area contributed by atoms with Gasteiger partial charge in [-0.2, -0.15) is 0 Å². The fourth-order valence-electron chi connectivity index (χ4n) is 2.26. The normalized spacial score (nSPS) is 14.5. The molecule has 0 atom stereocenters. The molecule has 4 heteroatoms. The van der Waals surface area contributed by atoms with Gasteiger partial charge in [0.1, 0.15) is 0 Å². The predicted molar refractivity (Wildman–Crippen MR) is 89.0 cm³/mol. The van der Waals surface area contributed by atoms with Gasteiger partial charge in [-0.25, -0.2) is 0 Å². The Bertz CT molecular complexity index is 562. The molecule has 0 unspecified atom stereocenters. The van der Waals surface area contributed by atoms with E-state index in [0.717, 1.165) is 24.5 Å². The van der Waals surface area contributed by atoms with Crippen molar-refractivity contribution >= 4 is 29.0 Å². The molecule has 1 saturated heterocycles. The number of anilines is 3. The second-order valence-electron chi connectivity index (χ2n) is 4.93. The second-order valence-corrected chi connectivity index (χ2v) is 6.04. The van der Waals surface area contributed by atoms with Crippen LogP contribution in [-0.2, 0) is 6.54 Å². The van der Waals surface area contributed by atoms with Crippen LogP contribution in [0.25, 0.3) is 0 Å². The number of nitrogens with one attached hydrogen (secondary N) is 1. The molecule has 0 radical (unpaired) electrons. The van der Waals surface area contributed by atoms with Crippen molar-refractivity contribution in [3.8, 4) is 0 Å². The maximum atomic E-state index is 5.70. The van der Waals surface area contributed by atoms with E-state index >= 15 is 0 Å². The van der Waals surface area contributed by atoms with Gasteiger partial charge in [0.25, 0.3) is 0 Å². The molecule has 0 aliphatic carbocycles. The smallest absolute Gasteiger partial charge is 0.0490 e. The largest absolute Gasteiger partial charge is 0.399 e. The van der Waals surface area contributed by atoms with Crippen LogP contribution in [0.15, 0.2) is 48.5 Å². The number of hydrogen-bond donors (Lipinski definition) is 2. The molecule has 3 N–H and O–H groups in total. The third-order valence-electron chi connectivity index (χ3n) is 3.36. The van der Waals surface area contributed by atoms with E-state index in [1.54, 1.807) is 0 Å². The molecular weight excluding hydrogens is 266 g/mol. The minimum Gasteiger partial charge on any atom is -0.399 e. The molecule has 3 rings (SSSR count). The molecule has 2 aromatic rings. The third-order valence-corrected chi connectivity index (χ3v) is 4.54. The van der Waals surface area contributed by atoms with Crippen LogP contribution in [0.2, 0.25) is 0 Å². The molecular formula is C16H19N3S. The maximum absolute atomic E-state index is 5.70. The Morgan fingerprint density at radius 3 is 2.75 bits per heavy atom. The van der Waals surface area contributed by atoms with E-state index in [-0.39, 0.29) is 0 Å². The van der Waals surface area contributed by atoms with E-state index in [1.807, 2.05) is 24.1 Å². The first-order chi connectivity index (χ1) is 9.81. The summed E-state index contributed by atoms with van der Waals surface area (Å²) < 4.78 is 2.37. The number of benzene rings is 2. The van der Waals surface area contributed by atoms with Gasteiger partial charge in [0, 0.05) is 35.9 Å². The van der Waals surface area contributed by atoms with Crippen LogP contribution >= 0.6 is 11.9 Å². The molecule has 0 saturated carbocycles. The lowest BCUT2D eigenvalue weighted by atomic mass is 10.2. The van der Waals surface area contributed by atoms with Gasteiger partial charge in [0.15, 0.2) is 0 Å². The standard InChI is InChI=1S/C16H19N3S/c17-14-7-5-13(6-8-14)12-18-15-3-1-4-16(11-15)19-9-2-10-20-19/h1,3-8,11,18H,2,9-10,12,17H2. The van der Waals surface area contributed by atoms with Gasteiger partial charge in [-0.3, -0.25) is 0 Å². The quantitative estimate of drug-likeness (QED) is 0.663. The summed E-state index contributed by atoms with van der Waals surface area (Å²) in [7, 11) is 0. The summed E-state index contributed by atoms with van der Waals surface area (Å²) in [5, 5.41) is 3.47. The fraction of sp³-hybridized carbons (Fsp3) is 0.250. The summed E-state index contributed by atoms with van der Waals surface area (Å²) >= 11 is 1.91. The average molecular weight is 285 g/mol. The Hall–Kier alpha value is -1.81. The van der Waals surface area contributed by atoms with E-state index in [9.17, 15) is 0 Å². The Labute approximate surface area is 124 Å². The highest BCUT2D eigenvalue weighted by molar-refractivity contribution is 8.00. The number of nitrogen functional groups attached to an aromatic ring is 1. The van der Waals surface area contributed by atoms with Crippen LogP contribution in [0.3, 0.4) is 0 Å². The van der Waals surface area contributed by atoms with Crippen LogP contribution in [0.5, 0.6) is 0 Å². The van der Waals surface area contributed by atoms with Crippen LogP contribution < -0.4 is 15.4 Å². The SMILES string of the molecule is Nc1ccc(CNc2cccc(N3CCCS3)c2)cc1. The second kappa shape index (κ2) is 6.09. The average Bonchev–Trinajstić information content (AvgIpc) is 3.01. The first-order valence-electron chi connectivity index (χ1n) is 6.90. The van der Waals surface area contributed by atoms with Crippen molar-refractivity contribution in [2.45, 2.75) is 13.0 Å². The molecule has 1 fully saturated rings. The van der Waals surface area contributed by atoms with Crippen molar-refractivity contribution in [3.05, 3.63) is 54.1 Å². The summed E-state index contributed by atoms with van der Waals surface area (Å²) in [6, 6.07) is 16.6. The van der Waals surface area contributed by atoms with Gasteiger partial charge < -0.3 is 15.4 Å². The lowest BCUT2D eigenvalue weighted by Crippen LogP contribution is -2.09. The molecule has 20 heavy (non-hydrogen) atoms. The van der Waals surface area contributed by atoms with E-state index in [1.165, 1.54) is 23.4 Å². The Morgan fingerprint density at radius 2 is 2.00 bits per heavy atom. The predicted octanol–water partition coefficient (Wildman–Crippen LogP) is 3.74. The monoisotopic (exact) mass is 285 g/mol. The molecule has 0 spiro atoms. The Morgan fingerprint density at radius 1 is 1.15 bits per heavy atom. The third kappa shape index (κ3) is 3.20. The maximum Gasteiger partial charge on any atom is 0.0490 e. The number of nitrogens with two attached hydrogens (primary N) is 1. The van der Waals surface area contributed by atoms with Crippen molar-refractivity contribution in [1.29, 1.82) is 0 Å². The summed E-state index contributed by atoms with van der Waals surface area (Å²) in [5.41, 5.74) is 10.2. The van der Waals surface area contributed by atoms with Crippen LogP contribution in [0, 0.1) is 0 Å². The molecule has 1 aliphatic rings. The zero-order valence-corrected chi connectivity index (χ0v) is 12.2. The number of nitrogens with zero attached hydrogens (tertiary/aromatic N) is 1. The Balaban J connectivity index is 1.65. The topological polar surface area (TPSA) is 41.3 Å². The van der Waals surface area contributed by atoms with Crippen molar-refractivity contribution in [2.75, 3.05) is 27.7 Å². The van der Waals surface area contributed by atoms with Crippen LogP contribution in [0.1, 0.15) is 12.0 Å². The van der Waals surface area contributed by atoms with Gasteiger partial charge in [-0.1, -0.05) is 18.2 Å². The molecule has 1 aliphatic heterocycles. The molecule has 0 bridgehead atoms. The van der Waals surface area contributed by atoms with E-state index < -0.39 is 0 Å². The summed E-state index contributed by atoms with van der Waals surface area (Å²) in [4.78, 5) is 0. The lowest BCUT2D eigenvalue weighted by molar-refractivity contribution is 0.989. The van der Waals surface area contributed by atoms with E-state index in [4.69, 9.17) is 5.73 Å². The van der Waals surface area contributed by atoms with Gasteiger partial charge in [0.05, 0.1) is 0 Å². The first kappa shape index (κ1) is 13.2. The molecule has 104 valence electrons. The van der Waals surface area contributed by atoms with Crippen molar-refractivity contribution in [2.24, 2.45) is 0 Å². The van der Waals surface area contributed by atoms with Gasteiger partial charge in [-0.05, 0) is 54.3 Å².